The number of alkyl halides is 3. The molecular weight excluding hydrogens is 599 g/mol. The van der Waals surface area contributed by atoms with Crippen molar-refractivity contribution in [1.29, 1.82) is 0 Å². The summed E-state index contributed by atoms with van der Waals surface area (Å²) in [5.74, 6) is -0.294. The van der Waals surface area contributed by atoms with E-state index >= 15 is 0 Å². The Kier molecular flexibility index (Phi) is 8.35. The van der Waals surface area contributed by atoms with Gasteiger partial charge in [-0.3, -0.25) is 4.79 Å². The quantitative estimate of drug-likeness (QED) is 0.333. The third-order valence-corrected chi connectivity index (χ3v) is 9.10. The van der Waals surface area contributed by atoms with Crippen LogP contribution in [0, 0.1) is 12.3 Å². The summed E-state index contributed by atoms with van der Waals surface area (Å²) in [7, 11) is 0. The van der Waals surface area contributed by atoms with Gasteiger partial charge < -0.3 is 25.4 Å². The van der Waals surface area contributed by atoms with E-state index in [4.69, 9.17) is 26.8 Å². The molecule has 0 bridgehead atoms. The van der Waals surface area contributed by atoms with Crippen molar-refractivity contribution in [2.45, 2.75) is 76.3 Å². The predicted octanol–water partition coefficient (Wildman–Crippen LogP) is 5.32. The van der Waals surface area contributed by atoms with E-state index < -0.39 is 12.3 Å². The van der Waals surface area contributed by atoms with Gasteiger partial charge in [0.25, 0.3) is 0 Å². The summed E-state index contributed by atoms with van der Waals surface area (Å²) in [5, 5.41) is 7.87. The minimum absolute atomic E-state index is 0.0281. The van der Waals surface area contributed by atoms with Gasteiger partial charge in [0.1, 0.15) is 18.0 Å². The molecule has 4 heterocycles. The second-order valence-corrected chi connectivity index (χ2v) is 12.5. The van der Waals surface area contributed by atoms with E-state index in [1.165, 1.54) is 28.9 Å². The van der Waals surface area contributed by atoms with Gasteiger partial charge in [0.05, 0.1) is 11.4 Å². The van der Waals surface area contributed by atoms with Crippen LogP contribution < -0.4 is 20.7 Å². The summed E-state index contributed by atoms with van der Waals surface area (Å²) < 4.78 is 56.1. The number of nitrogens with two attached hydrogens (primary N) is 1. The van der Waals surface area contributed by atoms with Crippen molar-refractivity contribution in [3.63, 3.8) is 0 Å². The van der Waals surface area contributed by atoms with Crippen LogP contribution in [0.1, 0.15) is 62.3 Å². The third-order valence-electron chi connectivity index (χ3n) is 8.86. The summed E-state index contributed by atoms with van der Waals surface area (Å²) in [6, 6.07) is 6.80. The van der Waals surface area contributed by atoms with Crippen LogP contribution in [0.25, 0.3) is 5.69 Å². The average Bonchev–Trinajstić information content (AvgIpc) is 3.74. The molecule has 0 amide bonds. The molecule has 2 aliphatic heterocycles. The van der Waals surface area contributed by atoms with Crippen LogP contribution >= 0.6 is 11.6 Å². The van der Waals surface area contributed by atoms with E-state index in [0.29, 0.717) is 37.6 Å². The first kappa shape index (κ1) is 30.4. The molecule has 3 fully saturated rings. The molecule has 6 rings (SSSR count). The van der Waals surface area contributed by atoms with E-state index in [-0.39, 0.29) is 51.6 Å². The number of aromatic nitrogens is 4. The van der Waals surface area contributed by atoms with Crippen LogP contribution in [-0.2, 0) is 9.53 Å². The molecule has 1 spiro atoms. The van der Waals surface area contributed by atoms with Crippen LogP contribution in [0.4, 0.5) is 24.9 Å². The minimum atomic E-state index is -4.80. The van der Waals surface area contributed by atoms with Gasteiger partial charge >= 0.3 is 12.1 Å². The Balaban J connectivity index is 1.17. The Morgan fingerprint density at radius 1 is 1.16 bits per heavy atom. The van der Waals surface area contributed by atoms with Crippen LogP contribution in [0.3, 0.4) is 0 Å². The number of carbonyl (C=O) groups excluding carboxylic acids is 1. The van der Waals surface area contributed by atoms with Crippen molar-refractivity contribution >= 4 is 29.3 Å². The Bertz CT molecular complexity index is 1500. The first-order valence-corrected chi connectivity index (χ1v) is 15.2. The number of carbonyl (C=O) groups is 1. The number of piperidine rings is 1. The smallest absolute Gasteiger partial charge is 0.429 e. The summed E-state index contributed by atoms with van der Waals surface area (Å²) >= 11 is 6.15. The summed E-state index contributed by atoms with van der Waals surface area (Å²) in [6.07, 6.45) is 0.708. The molecule has 3 N–H and O–H groups in total. The zero-order valence-corrected chi connectivity index (χ0v) is 25.1. The highest BCUT2D eigenvalue weighted by molar-refractivity contribution is 6.30. The largest absolute Gasteiger partial charge is 0.461 e. The number of halogens is 4. The van der Waals surface area contributed by atoms with Crippen molar-refractivity contribution in [2.75, 3.05) is 30.3 Å². The van der Waals surface area contributed by atoms with Crippen molar-refractivity contribution < 1.29 is 27.4 Å². The third kappa shape index (κ3) is 6.58. The zero-order chi connectivity index (χ0) is 31.1. The lowest BCUT2D eigenvalue weighted by Crippen LogP contribution is -2.41. The lowest BCUT2D eigenvalue weighted by atomic mass is 9.76. The molecule has 44 heavy (non-hydrogen) atoms. The van der Waals surface area contributed by atoms with E-state index in [9.17, 15) is 18.0 Å². The molecular formula is C30H35ClF3N7O3. The van der Waals surface area contributed by atoms with Crippen molar-refractivity contribution in [2.24, 2.45) is 5.41 Å². The second kappa shape index (κ2) is 12.1. The van der Waals surface area contributed by atoms with Gasteiger partial charge in [-0.15, -0.1) is 0 Å². The van der Waals surface area contributed by atoms with Crippen LogP contribution in [-0.4, -0.2) is 63.7 Å². The van der Waals surface area contributed by atoms with Crippen molar-refractivity contribution in [1.82, 2.24) is 25.1 Å². The molecule has 1 saturated carbocycles. The van der Waals surface area contributed by atoms with Crippen molar-refractivity contribution in [3.05, 3.63) is 52.8 Å². The summed E-state index contributed by atoms with van der Waals surface area (Å²) in [5.41, 5.74) is 6.48. The van der Waals surface area contributed by atoms with Gasteiger partial charge in [-0.2, -0.15) is 28.2 Å². The van der Waals surface area contributed by atoms with Gasteiger partial charge in [0.2, 0.25) is 17.9 Å². The molecule has 0 radical (unpaired) electrons. The number of anilines is 2. The fourth-order valence-electron chi connectivity index (χ4n) is 6.49. The molecule has 1 unspecified atom stereocenters. The van der Waals surface area contributed by atoms with Gasteiger partial charge in [-0.25, -0.2) is 4.68 Å². The van der Waals surface area contributed by atoms with Crippen LogP contribution in [0.15, 0.2) is 36.5 Å². The molecule has 2 aromatic heterocycles. The van der Waals surface area contributed by atoms with E-state index in [2.05, 4.69) is 20.4 Å². The van der Waals surface area contributed by atoms with Gasteiger partial charge in [-0.05, 0) is 75.5 Å². The Morgan fingerprint density at radius 3 is 2.59 bits per heavy atom. The number of hydrogen-bond acceptors (Lipinski definition) is 9. The Labute approximate surface area is 258 Å². The normalized spacial score (nSPS) is 21.1. The van der Waals surface area contributed by atoms with Crippen molar-refractivity contribution in [3.8, 4) is 11.6 Å². The average molecular weight is 634 g/mol. The van der Waals surface area contributed by atoms with E-state index in [0.717, 1.165) is 38.5 Å². The molecule has 1 aliphatic carbocycles. The monoisotopic (exact) mass is 633 g/mol. The van der Waals surface area contributed by atoms with Crippen LogP contribution in [0.2, 0.25) is 5.02 Å². The number of esters is 1. The van der Waals surface area contributed by atoms with E-state index in [1.807, 2.05) is 4.90 Å². The first-order valence-electron chi connectivity index (χ1n) is 14.9. The number of aryl methyl sites for hydroxylation is 1. The summed E-state index contributed by atoms with van der Waals surface area (Å²) in [6.45, 7) is 3.62. The topological polar surface area (TPSA) is 120 Å². The number of ether oxygens (including phenoxy) is 2. The number of nitrogen functional groups attached to an aromatic ring is 1. The molecule has 10 nitrogen and oxygen atoms in total. The molecule has 236 valence electrons. The highest BCUT2D eigenvalue weighted by Crippen LogP contribution is 2.43. The molecule has 2 saturated heterocycles. The van der Waals surface area contributed by atoms with E-state index in [1.54, 1.807) is 19.2 Å². The fourth-order valence-corrected chi connectivity index (χ4v) is 6.66. The molecule has 3 aromatic rings. The molecule has 2 atom stereocenters. The maximum atomic E-state index is 14.5. The second-order valence-electron chi connectivity index (χ2n) is 12.0. The first-order chi connectivity index (χ1) is 21.0. The molecule has 1 aromatic carbocycles. The highest BCUT2D eigenvalue weighted by atomic mass is 35.5. The number of rotatable bonds is 7. The predicted molar refractivity (Wildman–Crippen MR) is 158 cm³/mol. The zero-order valence-electron chi connectivity index (χ0n) is 24.3. The SMILES string of the molecule is Cc1ccn(-c2cc(Cl)ccc2C(Oc2cc(N3CCC4(CC3)CN[C@H](C(=O)OC3CCCC3)C4)nc(N)n2)C(F)(F)F)n1. The minimum Gasteiger partial charge on any atom is -0.461 e. The number of hydrogen-bond donors (Lipinski definition) is 2. The lowest BCUT2D eigenvalue weighted by Gasteiger charge is -2.39. The lowest BCUT2D eigenvalue weighted by molar-refractivity contribution is -0.198. The highest BCUT2D eigenvalue weighted by Gasteiger charge is 2.46. The number of benzene rings is 1. The standard InChI is InChI=1S/C30H35ClF3N7O3/c1-18-8-11-41(39-18)23-14-19(31)6-7-21(23)26(30(32,33)34)44-25-15-24(37-28(35)38-25)40-12-9-29(10-13-40)16-22(36-17-29)27(42)43-20-4-2-3-5-20/h6-8,11,14-15,20,22,26,36H,2-5,9-10,12-13,16-17H2,1H3,(H2,35,37,38)/t22-,26?/m0/s1. The molecule has 14 heteroatoms. The molecule has 3 aliphatic rings. The number of nitrogens with zero attached hydrogens (tertiary/aromatic N) is 5. The maximum Gasteiger partial charge on any atom is 0.429 e. The number of nitrogens with one attached hydrogen (secondary N) is 1. The van der Waals surface area contributed by atoms with Gasteiger partial charge in [0.15, 0.2) is 0 Å². The Morgan fingerprint density at radius 2 is 1.91 bits per heavy atom. The Hall–Kier alpha value is -3.58. The van der Waals surface area contributed by atoms with Crippen LogP contribution in [0.5, 0.6) is 5.88 Å². The van der Waals surface area contributed by atoms with Gasteiger partial charge in [0, 0.05) is 42.5 Å². The summed E-state index contributed by atoms with van der Waals surface area (Å²) in [4.78, 5) is 23.0. The van der Waals surface area contributed by atoms with Gasteiger partial charge in [-0.1, -0.05) is 17.7 Å². The fraction of sp³-hybridized carbons (Fsp3) is 0.533. The maximum absolute atomic E-state index is 14.5.